The van der Waals surface area contributed by atoms with Crippen LogP contribution in [0.1, 0.15) is 20.3 Å². The van der Waals surface area contributed by atoms with Crippen molar-refractivity contribution in [2.24, 2.45) is 0 Å². The fourth-order valence-corrected chi connectivity index (χ4v) is 2.31. The van der Waals surface area contributed by atoms with Crippen LogP contribution in [0, 0.1) is 0 Å². The molecule has 1 aliphatic heterocycles. The van der Waals surface area contributed by atoms with Gasteiger partial charge in [-0.05, 0) is 30.7 Å². The molecule has 0 radical (unpaired) electrons. The zero-order valence-electron chi connectivity index (χ0n) is 12.5. The minimum absolute atomic E-state index is 0.178. The minimum Gasteiger partial charge on any atom is -0.462 e. The van der Waals surface area contributed by atoms with Gasteiger partial charge in [-0.3, -0.25) is 4.79 Å². The molecular formula is C15H21NO6. The van der Waals surface area contributed by atoms with Crippen LogP contribution in [0.25, 0.3) is 0 Å². The van der Waals surface area contributed by atoms with E-state index in [9.17, 15) is 20.1 Å². The molecule has 0 aromatic heterocycles. The first-order valence-corrected chi connectivity index (χ1v) is 7.16. The Labute approximate surface area is 128 Å². The second-order valence-corrected chi connectivity index (χ2v) is 5.25. The van der Waals surface area contributed by atoms with Crippen molar-refractivity contribution in [2.45, 2.75) is 51.0 Å². The molecule has 0 spiro atoms. The highest BCUT2D eigenvalue weighted by molar-refractivity contribution is 5.88. The van der Waals surface area contributed by atoms with Crippen LogP contribution in [0.5, 0.6) is 5.75 Å². The Hall–Kier alpha value is -1.67. The van der Waals surface area contributed by atoms with Crippen molar-refractivity contribution in [2.75, 3.05) is 5.32 Å². The van der Waals surface area contributed by atoms with Crippen molar-refractivity contribution in [3.63, 3.8) is 0 Å². The Bertz CT molecular complexity index is 503. The second kappa shape index (κ2) is 7.06. The van der Waals surface area contributed by atoms with E-state index in [1.54, 1.807) is 31.2 Å². The summed E-state index contributed by atoms with van der Waals surface area (Å²) in [5, 5.41) is 32.2. The third kappa shape index (κ3) is 3.75. The highest BCUT2D eigenvalue weighted by Crippen LogP contribution is 2.26. The van der Waals surface area contributed by atoms with E-state index in [-0.39, 0.29) is 5.91 Å². The topological polar surface area (TPSA) is 108 Å². The molecule has 7 nitrogen and oxygen atoms in total. The zero-order valence-corrected chi connectivity index (χ0v) is 12.5. The molecule has 5 atom stereocenters. The van der Waals surface area contributed by atoms with Gasteiger partial charge in [-0.25, -0.2) is 0 Å². The van der Waals surface area contributed by atoms with Crippen LogP contribution in [0.15, 0.2) is 24.3 Å². The largest absolute Gasteiger partial charge is 0.462 e. The molecule has 22 heavy (non-hydrogen) atoms. The fourth-order valence-electron chi connectivity index (χ4n) is 2.31. The number of aliphatic hydroxyl groups is 3. The number of carbonyl (C=O) groups excluding carboxylic acids is 1. The van der Waals surface area contributed by atoms with Gasteiger partial charge in [-0.15, -0.1) is 0 Å². The highest BCUT2D eigenvalue weighted by atomic mass is 16.7. The quantitative estimate of drug-likeness (QED) is 0.634. The Morgan fingerprint density at radius 3 is 2.36 bits per heavy atom. The van der Waals surface area contributed by atoms with Gasteiger partial charge in [0.1, 0.15) is 24.1 Å². The van der Waals surface area contributed by atoms with E-state index in [1.807, 2.05) is 0 Å². The maximum absolute atomic E-state index is 10.9. The lowest BCUT2D eigenvalue weighted by Gasteiger charge is -2.40. The molecule has 0 bridgehead atoms. The van der Waals surface area contributed by atoms with Gasteiger partial charge >= 0.3 is 0 Å². The highest BCUT2D eigenvalue weighted by Gasteiger charge is 2.44. The lowest BCUT2D eigenvalue weighted by molar-refractivity contribution is -0.272. The monoisotopic (exact) mass is 311 g/mol. The lowest BCUT2D eigenvalue weighted by Crippen LogP contribution is -2.58. The van der Waals surface area contributed by atoms with Crippen LogP contribution >= 0.6 is 0 Å². The Balaban J connectivity index is 2.04. The van der Waals surface area contributed by atoms with Crippen molar-refractivity contribution in [3.05, 3.63) is 24.3 Å². The summed E-state index contributed by atoms with van der Waals surface area (Å²) in [5.74, 6) is 0.235. The molecule has 1 aromatic carbocycles. The predicted octanol–water partition coefficient (Wildman–Crippen LogP) is 0.241. The molecule has 0 aliphatic carbocycles. The zero-order chi connectivity index (χ0) is 16.3. The Morgan fingerprint density at radius 1 is 1.18 bits per heavy atom. The van der Waals surface area contributed by atoms with Gasteiger partial charge in [0, 0.05) is 12.6 Å². The summed E-state index contributed by atoms with van der Waals surface area (Å²) >= 11 is 0. The summed E-state index contributed by atoms with van der Waals surface area (Å²) in [6.45, 7) is 3.21. The van der Waals surface area contributed by atoms with Crippen LogP contribution < -0.4 is 10.1 Å². The second-order valence-electron chi connectivity index (χ2n) is 5.25. The predicted molar refractivity (Wildman–Crippen MR) is 78.3 cm³/mol. The molecule has 1 amide bonds. The van der Waals surface area contributed by atoms with Crippen LogP contribution in [0.3, 0.4) is 0 Å². The number of ether oxygens (including phenoxy) is 2. The van der Waals surface area contributed by atoms with E-state index in [0.717, 1.165) is 0 Å². The van der Waals surface area contributed by atoms with Crippen molar-refractivity contribution >= 4 is 11.6 Å². The first-order chi connectivity index (χ1) is 10.4. The molecule has 122 valence electrons. The molecule has 7 heteroatoms. The maximum Gasteiger partial charge on any atom is 0.229 e. The minimum atomic E-state index is -1.35. The van der Waals surface area contributed by atoms with E-state index in [0.29, 0.717) is 17.9 Å². The third-order valence-corrected chi connectivity index (χ3v) is 3.50. The van der Waals surface area contributed by atoms with E-state index in [1.165, 1.54) is 6.92 Å². The summed E-state index contributed by atoms with van der Waals surface area (Å²) in [6, 6.07) is 6.52. The summed E-state index contributed by atoms with van der Waals surface area (Å²) in [4.78, 5) is 10.9. The third-order valence-electron chi connectivity index (χ3n) is 3.50. The number of aliphatic hydroxyl groups excluding tert-OH is 3. The molecule has 1 fully saturated rings. The molecular weight excluding hydrogens is 290 g/mol. The Morgan fingerprint density at radius 2 is 1.82 bits per heavy atom. The number of rotatable bonds is 4. The van der Waals surface area contributed by atoms with Gasteiger partial charge < -0.3 is 30.1 Å². The van der Waals surface area contributed by atoms with Gasteiger partial charge in [-0.1, -0.05) is 6.92 Å². The SMILES string of the molecule is CC[C@H]1O[C@H](Oc2ccc(NC(C)=O)cc2)[C@@H](O)[C@@H](O)C1O. The van der Waals surface area contributed by atoms with E-state index < -0.39 is 30.7 Å². The summed E-state index contributed by atoms with van der Waals surface area (Å²) in [7, 11) is 0. The van der Waals surface area contributed by atoms with Gasteiger partial charge in [0.25, 0.3) is 0 Å². The summed E-state index contributed by atoms with van der Waals surface area (Å²) < 4.78 is 11.0. The van der Waals surface area contributed by atoms with Gasteiger partial charge in [-0.2, -0.15) is 0 Å². The van der Waals surface area contributed by atoms with Crippen molar-refractivity contribution in [1.82, 2.24) is 0 Å². The van der Waals surface area contributed by atoms with Gasteiger partial charge in [0.15, 0.2) is 0 Å². The van der Waals surface area contributed by atoms with Crippen molar-refractivity contribution < 1.29 is 29.6 Å². The first-order valence-electron chi connectivity index (χ1n) is 7.16. The van der Waals surface area contributed by atoms with Crippen LogP contribution in [0.4, 0.5) is 5.69 Å². The number of benzene rings is 1. The van der Waals surface area contributed by atoms with E-state index >= 15 is 0 Å². The lowest BCUT2D eigenvalue weighted by atomic mass is 9.97. The van der Waals surface area contributed by atoms with Crippen LogP contribution in [-0.4, -0.2) is 51.9 Å². The Kier molecular flexibility index (Phi) is 5.36. The van der Waals surface area contributed by atoms with E-state index in [4.69, 9.17) is 9.47 Å². The average Bonchev–Trinajstić information content (AvgIpc) is 2.49. The number of carbonyl (C=O) groups is 1. The van der Waals surface area contributed by atoms with Gasteiger partial charge in [0.2, 0.25) is 12.2 Å². The summed E-state index contributed by atoms with van der Waals surface area (Å²) in [6.07, 6.45) is -5.04. The van der Waals surface area contributed by atoms with Crippen LogP contribution in [0.2, 0.25) is 0 Å². The molecule has 1 heterocycles. The number of nitrogens with one attached hydrogen (secondary N) is 1. The number of hydrogen-bond acceptors (Lipinski definition) is 6. The van der Waals surface area contributed by atoms with Crippen molar-refractivity contribution in [3.8, 4) is 5.75 Å². The average molecular weight is 311 g/mol. The van der Waals surface area contributed by atoms with E-state index in [2.05, 4.69) is 5.32 Å². The standard InChI is InChI=1S/C15H21NO6/c1-3-11-12(18)13(19)14(20)15(22-11)21-10-6-4-9(5-7-10)16-8(2)17/h4-7,11-15,18-20H,3H2,1-2H3,(H,16,17)/t11-,12?,13+,14+,15+/m1/s1. The smallest absolute Gasteiger partial charge is 0.229 e. The van der Waals surface area contributed by atoms with Gasteiger partial charge in [0.05, 0.1) is 6.10 Å². The fraction of sp³-hybridized carbons (Fsp3) is 0.533. The van der Waals surface area contributed by atoms with Crippen molar-refractivity contribution in [1.29, 1.82) is 0 Å². The number of anilines is 1. The molecule has 1 aliphatic rings. The molecule has 1 saturated heterocycles. The number of hydrogen-bond donors (Lipinski definition) is 4. The first kappa shape index (κ1) is 16.7. The molecule has 2 rings (SSSR count). The van der Waals surface area contributed by atoms with Crippen LogP contribution in [-0.2, 0) is 9.53 Å². The normalized spacial score (nSPS) is 31.6. The molecule has 1 aromatic rings. The maximum atomic E-state index is 10.9. The molecule has 0 saturated carbocycles. The molecule has 1 unspecified atom stereocenters. The summed E-state index contributed by atoms with van der Waals surface area (Å²) in [5.41, 5.74) is 0.617. The molecule has 4 N–H and O–H groups in total. The number of amides is 1.